The largest absolute Gasteiger partial charge is 0.308 e. The molecular weight excluding hydrogens is 378 g/mol. The van der Waals surface area contributed by atoms with Crippen LogP contribution in [0.1, 0.15) is 21.5 Å². The summed E-state index contributed by atoms with van der Waals surface area (Å²) < 4.78 is 1.11. The lowest BCUT2D eigenvalue weighted by Gasteiger charge is -2.22. The molecule has 0 unspecified atom stereocenters. The van der Waals surface area contributed by atoms with E-state index in [0.717, 1.165) is 32.7 Å². The normalized spacial score (nSPS) is 11.5. The van der Waals surface area contributed by atoms with Gasteiger partial charge in [0.05, 0.1) is 10.2 Å². The predicted octanol–water partition coefficient (Wildman–Crippen LogP) is 5.27. The number of aryl methyl sites for hydroxylation is 2. The van der Waals surface area contributed by atoms with Crippen LogP contribution in [0.15, 0.2) is 54.6 Å². The van der Waals surface area contributed by atoms with E-state index in [-0.39, 0.29) is 5.91 Å². The molecule has 3 aromatic carbocycles. The molecule has 0 radical (unpaired) electrons. The number of fused-ring (bicyclic) bond motifs is 2. The molecule has 1 heterocycles. The fraction of sp³-hybridized carbons (Fsp3) is 0.250. The lowest BCUT2D eigenvalue weighted by molar-refractivity contribution is 0.0987. The van der Waals surface area contributed by atoms with Crippen LogP contribution in [-0.4, -0.2) is 43.0 Å². The molecule has 0 fully saturated rings. The van der Waals surface area contributed by atoms with Crippen molar-refractivity contribution in [3.8, 4) is 0 Å². The first-order valence-electron chi connectivity index (χ1n) is 9.76. The number of benzene rings is 3. The van der Waals surface area contributed by atoms with Crippen LogP contribution in [0, 0.1) is 13.8 Å². The summed E-state index contributed by atoms with van der Waals surface area (Å²) in [4.78, 5) is 22.4. The van der Waals surface area contributed by atoms with Gasteiger partial charge in [-0.3, -0.25) is 9.69 Å². The SMILES string of the molecule is Cc1cc2nc(N(CCN(C)C)C(=O)c3cccc4ccccc34)sc2cc1C. The number of aromatic nitrogens is 1. The summed E-state index contributed by atoms with van der Waals surface area (Å²) in [6, 6.07) is 18.2. The van der Waals surface area contributed by atoms with Crippen molar-refractivity contribution in [2.75, 3.05) is 32.1 Å². The number of hydrogen-bond acceptors (Lipinski definition) is 4. The van der Waals surface area contributed by atoms with Crippen LogP contribution in [-0.2, 0) is 0 Å². The van der Waals surface area contributed by atoms with Crippen LogP contribution >= 0.6 is 11.3 Å². The Kier molecular flexibility index (Phi) is 5.35. The molecule has 1 aromatic heterocycles. The van der Waals surface area contributed by atoms with Crippen molar-refractivity contribution in [3.63, 3.8) is 0 Å². The van der Waals surface area contributed by atoms with E-state index < -0.39 is 0 Å². The van der Waals surface area contributed by atoms with Crippen LogP contribution in [0.25, 0.3) is 21.0 Å². The highest BCUT2D eigenvalue weighted by Crippen LogP contribution is 2.32. The Morgan fingerprint density at radius 1 is 0.966 bits per heavy atom. The van der Waals surface area contributed by atoms with Gasteiger partial charge in [0.2, 0.25) is 0 Å². The summed E-state index contributed by atoms with van der Waals surface area (Å²) in [5, 5.41) is 2.80. The second-order valence-corrected chi connectivity index (χ2v) is 8.70. The third-order valence-corrected chi connectivity index (χ3v) is 6.30. The van der Waals surface area contributed by atoms with E-state index in [1.54, 1.807) is 11.3 Å². The molecule has 4 aromatic rings. The summed E-state index contributed by atoms with van der Waals surface area (Å²) in [5.74, 6) is -0.00356. The minimum absolute atomic E-state index is 0.00356. The van der Waals surface area contributed by atoms with Gasteiger partial charge in [-0.2, -0.15) is 0 Å². The summed E-state index contributed by atoms with van der Waals surface area (Å²) in [5.41, 5.74) is 4.13. The highest BCUT2D eigenvalue weighted by molar-refractivity contribution is 7.22. The number of nitrogens with zero attached hydrogens (tertiary/aromatic N) is 3. The van der Waals surface area contributed by atoms with E-state index in [2.05, 4.69) is 30.9 Å². The highest BCUT2D eigenvalue weighted by Gasteiger charge is 2.23. The molecule has 0 aliphatic rings. The van der Waals surface area contributed by atoms with E-state index in [0.29, 0.717) is 12.1 Å². The second kappa shape index (κ2) is 7.93. The van der Waals surface area contributed by atoms with Crippen molar-refractivity contribution in [3.05, 3.63) is 71.3 Å². The Morgan fingerprint density at radius 2 is 1.69 bits per heavy atom. The minimum atomic E-state index is -0.00356. The lowest BCUT2D eigenvalue weighted by atomic mass is 10.0. The van der Waals surface area contributed by atoms with E-state index >= 15 is 0 Å². The number of hydrogen-bond donors (Lipinski definition) is 0. The standard InChI is InChI=1S/C24H25N3OS/c1-16-14-21-22(15-17(16)2)29-24(25-21)27(13-12-26(3)4)23(28)20-11-7-9-18-8-5-6-10-19(18)20/h5-11,14-15H,12-13H2,1-4H3. The monoisotopic (exact) mass is 403 g/mol. The lowest BCUT2D eigenvalue weighted by Crippen LogP contribution is -2.36. The van der Waals surface area contributed by atoms with Gasteiger partial charge in [0.15, 0.2) is 5.13 Å². The molecule has 0 aliphatic heterocycles. The molecule has 1 amide bonds. The predicted molar refractivity (Wildman–Crippen MR) is 123 cm³/mol. The molecular formula is C24H25N3OS. The zero-order valence-corrected chi connectivity index (χ0v) is 18.1. The summed E-state index contributed by atoms with van der Waals surface area (Å²) in [6.45, 7) is 5.56. The highest BCUT2D eigenvalue weighted by atomic mass is 32.1. The van der Waals surface area contributed by atoms with Crippen molar-refractivity contribution in [1.82, 2.24) is 9.88 Å². The van der Waals surface area contributed by atoms with Gasteiger partial charge in [0.1, 0.15) is 0 Å². The maximum atomic E-state index is 13.7. The van der Waals surface area contributed by atoms with Gasteiger partial charge in [-0.25, -0.2) is 4.98 Å². The third kappa shape index (κ3) is 3.88. The number of carbonyl (C=O) groups excluding carboxylic acids is 1. The molecule has 29 heavy (non-hydrogen) atoms. The first-order valence-corrected chi connectivity index (χ1v) is 10.6. The number of rotatable bonds is 5. The quantitative estimate of drug-likeness (QED) is 0.455. The van der Waals surface area contributed by atoms with Crippen molar-refractivity contribution in [2.45, 2.75) is 13.8 Å². The van der Waals surface area contributed by atoms with Crippen LogP contribution in [0.3, 0.4) is 0 Å². The zero-order chi connectivity index (χ0) is 20.5. The molecule has 0 saturated carbocycles. The number of anilines is 1. The van der Waals surface area contributed by atoms with E-state index in [1.165, 1.54) is 11.1 Å². The molecule has 148 valence electrons. The van der Waals surface area contributed by atoms with Crippen molar-refractivity contribution in [2.24, 2.45) is 0 Å². The summed E-state index contributed by atoms with van der Waals surface area (Å²) in [6.07, 6.45) is 0. The van der Waals surface area contributed by atoms with E-state index in [4.69, 9.17) is 4.98 Å². The number of carbonyl (C=O) groups is 1. The van der Waals surface area contributed by atoms with Gasteiger partial charge in [0.25, 0.3) is 5.91 Å². The maximum Gasteiger partial charge on any atom is 0.260 e. The van der Waals surface area contributed by atoms with Gasteiger partial charge >= 0.3 is 0 Å². The van der Waals surface area contributed by atoms with Crippen LogP contribution < -0.4 is 4.90 Å². The fourth-order valence-corrected chi connectivity index (χ4v) is 4.49. The van der Waals surface area contributed by atoms with Crippen LogP contribution in [0.5, 0.6) is 0 Å². The zero-order valence-electron chi connectivity index (χ0n) is 17.3. The second-order valence-electron chi connectivity index (χ2n) is 7.69. The topological polar surface area (TPSA) is 36.4 Å². The molecule has 0 atom stereocenters. The van der Waals surface area contributed by atoms with Gasteiger partial charge < -0.3 is 4.90 Å². The first kappa shape index (κ1) is 19.6. The number of thiazole rings is 1. The van der Waals surface area contributed by atoms with Gasteiger partial charge in [-0.1, -0.05) is 47.7 Å². The van der Waals surface area contributed by atoms with Crippen molar-refractivity contribution in [1.29, 1.82) is 0 Å². The minimum Gasteiger partial charge on any atom is -0.308 e. The molecule has 0 spiro atoms. The van der Waals surface area contributed by atoms with Crippen LogP contribution in [0.4, 0.5) is 5.13 Å². The van der Waals surface area contributed by atoms with E-state index in [9.17, 15) is 4.79 Å². The molecule has 0 saturated heterocycles. The average Bonchev–Trinajstić information content (AvgIpc) is 3.09. The van der Waals surface area contributed by atoms with Crippen LogP contribution in [0.2, 0.25) is 0 Å². The van der Waals surface area contributed by atoms with Gasteiger partial charge in [-0.05, 0) is 68.0 Å². The van der Waals surface area contributed by atoms with E-state index in [1.807, 2.05) is 61.5 Å². The van der Waals surface area contributed by atoms with Crippen molar-refractivity contribution < 1.29 is 4.79 Å². The maximum absolute atomic E-state index is 13.7. The Balaban J connectivity index is 1.80. The molecule has 0 N–H and O–H groups in total. The number of likely N-dealkylation sites (N-methyl/N-ethyl adjacent to an activating group) is 1. The smallest absolute Gasteiger partial charge is 0.260 e. The Morgan fingerprint density at radius 3 is 2.48 bits per heavy atom. The Bertz CT molecular complexity index is 1150. The molecule has 0 bridgehead atoms. The summed E-state index contributed by atoms with van der Waals surface area (Å²) in [7, 11) is 4.04. The third-order valence-electron chi connectivity index (χ3n) is 5.26. The number of amides is 1. The molecule has 5 heteroatoms. The van der Waals surface area contributed by atoms with Gasteiger partial charge in [-0.15, -0.1) is 0 Å². The molecule has 4 nitrogen and oxygen atoms in total. The fourth-order valence-electron chi connectivity index (χ4n) is 3.42. The first-order chi connectivity index (χ1) is 13.9. The Labute approximate surface area is 175 Å². The van der Waals surface area contributed by atoms with Gasteiger partial charge in [0, 0.05) is 18.7 Å². The summed E-state index contributed by atoms with van der Waals surface area (Å²) >= 11 is 1.58. The average molecular weight is 404 g/mol. The Hall–Kier alpha value is -2.76. The molecule has 0 aliphatic carbocycles. The molecule has 4 rings (SSSR count). The van der Waals surface area contributed by atoms with Crippen molar-refractivity contribution >= 4 is 43.4 Å².